The van der Waals surface area contributed by atoms with E-state index in [-0.39, 0.29) is 32.0 Å². The van der Waals surface area contributed by atoms with Gasteiger partial charge >= 0.3 is 0 Å². The Hall–Kier alpha value is -4.44. The Kier molecular flexibility index (Phi) is 9.34. The van der Waals surface area contributed by atoms with Gasteiger partial charge in [0.25, 0.3) is 11.8 Å². The number of hydrazone groups is 1. The molecule has 9 nitrogen and oxygen atoms in total. The molecule has 0 aliphatic carbocycles. The van der Waals surface area contributed by atoms with Gasteiger partial charge in [-0.2, -0.15) is 5.10 Å². The largest absolute Gasteiger partial charge is 0.497 e. The van der Waals surface area contributed by atoms with Crippen LogP contribution in [0.2, 0.25) is 0 Å². The minimum absolute atomic E-state index is 0.175. The molecule has 1 atom stereocenters. The first-order valence-corrected chi connectivity index (χ1v) is 12.7. The van der Waals surface area contributed by atoms with Crippen LogP contribution in [-0.4, -0.2) is 75.6 Å². The average molecular weight is 550 g/mol. The Bertz CT molecular complexity index is 1380. The van der Waals surface area contributed by atoms with E-state index in [9.17, 15) is 14.0 Å². The average Bonchev–Trinajstić information content (AvgIpc) is 3.44. The molecule has 210 valence electrons. The lowest BCUT2D eigenvalue weighted by molar-refractivity contribution is -0.133. The lowest BCUT2D eigenvalue weighted by Crippen LogP contribution is -2.42. The van der Waals surface area contributed by atoms with Gasteiger partial charge in [0.05, 0.1) is 39.7 Å². The number of halogens is 1. The third-order valence-electron chi connectivity index (χ3n) is 6.67. The van der Waals surface area contributed by atoms with Gasteiger partial charge < -0.3 is 23.8 Å². The fourth-order valence-corrected chi connectivity index (χ4v) is 4.53. The molecule has 0 saturated carbocycles. The van der Waals surface area contributed by atoms with E-state index in [2.05, 4.69) is 5.10 Å². The second-order valence-corrected chi connectivity index (χ2v) is 9.04. The minimum atomic E-state index is -0.712. The van der Waals surface area contributed by atoms with Crippen molar-refractivity contribution in [3.05, 3.63) is 89.2 Å². The molecular formula is C30H32FN3O6. The maximum Gasteiger partial charge on any atom is 0.262 e. The van der Waals surface area contributed by atoms with Gasteiger partial charge in [0.2, 0.25) is 0 Å². The van der Waals surface area contributed by atoms with Crippen LogP contribution in [0.4, 0.5) is 4.39 Å². The standard InChI is InChI=1S/C30H32FN3O6/c1-37-16-15-33(30(36)20-9-11-21(38-2)12-10-20)19-29(35)34-27(23-7-5-6-8-25(23)31)18-26(32-34)24-14-13-22(39-3)17-28(24)40-4/h5-14,17,27H,15-16,18-19H2,1-4H3/t27-/m1/s1. The van der Waals surface area contributed by atoms with E-state index in [1.165, 1.54) is 30.2 Å². The number of carbonyl (C=O) groups is 2. The first kappa shape index (κ1) is 28.6. The zero-order chi connectivity index (χ0) is 28.6. The summed E-state index contributed by atoms with van der Waals surface area (Å²) in [5.74, 6) is 0.454. The monoisotopic (exact) mass is 549 g/mol. The van der Waals surface area contributed by atoms with Crippen LogP contribution in [0.15, 0.2) is 71.8 Å². The molecule has 3 aromatic carbocycles. The van der Waals surface area contributed by atoms with Gasteiger partial charge in [-0.05, 0) is 42.5 Å². The van der Waals surface area contributed by atoms with Crippen molar-refractivity contribution in [3.8, 4) is 17.2 Å². The molecule has 0 spiro atoms. The molecule has 1 aliphatic rings. The zero-order valence-corrected chi connectivity index (χ0v) is 22.9. The Morgan fingerprint density at radius 2 is 1.65 bits per heavy atom. The van der Waals surface area contributed by atoms with Crippen LogP contribution >= 0.6 is 0 Å². The van der Waals surface area contributed by atoms with Crippen LogP contribution in [0.1, 0.15) is 33.9 Å². The van der Waals surface area contributed by atoms with Gasteiger partial charge in [0.15, 0.2) is 0 Å². The van der Waals surface area contributed by atoms with Crippen molar-refractivity contribution < 1.29 is 32.9 Å². The minimum Gasteiger partial charge on any atom is -0.497 e. The molecule has 1 aliphatic heterocycles. The lowest BCUT2D eigenvalue weighted by Gasteiger charge is -2.27. The summed E-state index contributed by atoms with van der Waals surface area (Å²) in [5.41, 5.74) is 1.92. The van der Waals surface area contributed by atoms with E-state index < -0.39 is 17.8 Å². The summed E-state index contributed by atoms with van der Waals surface area (Å²) in [4.78, 5) is 28.5. The zero-order valence-electron chi connectivity index (χ0n) is 22.9. The van der Waals surface area contributed by atoms with Crippen molar-refractivity contribution in [1.82, 2.24) is 9.91 Å². The number of amides is 2. The quantitative estimate of drug-likeness (QED) is 0.354. The fraction of sp³-hybridized carbons (Fsp3) is 0.300. The predicted octanol–water partition coefficient (Wildman–Crippen LogP) is 4.32. The molecule has 0 fully saturated rings. The second-order valence-electron chi connectivity index (χ2n) is 9.04. The van der Waals surface area contributed by atoms with Gasteiger partial charge in [0, 0.05) is 42.8 Å². The van der Waals surface area contributed by atoms with E-state index in [1.54, 1.807) is 74.9 Å². The van der Waals surface area contributed by atoms with Crippen LogP contribution in [0, 0.1) is 5.82 Å². The first-order chi connectivity index (χ1) is 19.4. The lowest BCUT2D eigenvalue weighted by atomic mass is 9.97. The summed E-state index contributed by atoms with van der Waals surface area (Å²) >= 11 is 0. The van der Waals surface area contributed by atoms with Crippen molar-refractivity contribution in [2.75, 3.05) is 48.1 Å². The number of methoxy groups -OCH3 is 4. The van der Waals surface area contributed by atoms with E-state index >= 15 is 0 Å². The summed E-state index contributed by atoms with van der Waals surface area (Å²) in [5, 5.41) is 5.90. The highest BCUT2D eigenvalue weighted by Crippen LogP contribution is 2.37. The molecule has 0 saturated heterocycles. The molecule has 0 bridgehead atoms. The molecule has 0 unspecified atom stereocenters. The Labute approximate surface area is 232 Å². The highest BCUT2D eigenvalue weighted by molar-refractivity contribution is 6.05. The molecule has 10 heteroatoms. The number of nitrogens with zero attached hydrogens (tertiary/aromatic N) is 3. The summed E-state index contributed by atoms with van der Waals surface area (Å²) < 4.78 is 36.2. The number of hydrogen-bond donors (Lipinski definition) is 0. The number of carbonyl (C=O) groups excluding carboxylic acids is 2. The SMILES string of the molecule is COCCN(CC(=O)N1N=C(c2ccc(OC)cc2OC)C[C@@H]1c1ccccc1F)C(=O)c1ccc(OC)cc1. The number of ether oxygens (including phenoxy) is 4. The third kappa shape index (κ3) is 6.23. The van der Waals surface area contributed by atoms with E-state index in [4.69, 9.17) is 18.9 Å². The van der Waals surface area contributed by atoms with Crippen molar-refractivity contribution in [3.63, 3.8) is 0 Å². The predicted molar refractivity (Wildman–Crippen MR) is 147 cm³/mol. The summed E-state index contributed by atoms with van der Waals surface area (Å²) in [6.45, 7) is 0.118. The van der Waals surface area contributed by atoms with Crippen molar-refractivity contribution in [2.45, 2.75) is 12.5 Å². The third-order valence-corrected chi connectivity index (χ3v) is 6.67. The van der Waals surface area contributed by atoms with Crippen LogP contribution in [0.25, 0.3) is 0 Å². The van der Waals surface area contributed by atoms with Crippen molar-refractivity contribution >= 4 is 17.5 Å². The van der Waals surface area contributed by atoms with E-state index in [1.807, 2.05) is 0 Å². The Morgan fingerprint density at radius 3 is 2.30 bits per heavy atom. The van der Waals surface area contributed by atoms with Gasteiger partial charge in [-0.3, -0.25) is 9.59 Å². The summed E-state index contributed by atoms with van der Waals surface area (Å²) in [6, 6.07) is 17.5. The highest BCUT2D eigenvalue weighted by Gasteiger charge is 2.36. The van der Waals surface area contributed by atoms with Gasteiger partial charge in [-0.25, -0.2) is 9.40 Å². The van der Waals surface area contributed by atoms with Gasteiger partial charge in [0.1, 0.15) is 29.6 Å². The van der Waals surface area contributed by atoms with Gasteiger partial charge in [-0.15, -0.1) is 0 Å². The number of benzene rings is 3. The summed E-state index contributed by atoms with van der Waals surface area (Å²) in [6.07, 6.45) is 0.250. The van der Waals surface area contributed by atoms with Crippen LogP contribution in [-0.2, 0) is 9.53 Å². The molecule has 3 aromatic rings. The summed E-state index contributed by atoms with van der Waals surface area (Å²) in [7, 11) is 6.15. The molecule has 0 aromatic heterocycles. The second kappa shape index (κ2) is 13.1. The number of rotatable bonds is 11. The maximum absolute atomic E-state index is 15.0. The molecule has 0 N–H and O–H groups in total. The molecule has 40 heavy (non-hydrogen) atoms. The van der Waals surface area contributed by atoms with Crippen LogP contribution in [0.3, 0.4) is 0 Å². The Morgan fingerprint density at radius 1 is 0.950 bits per heavy atom. The van der Waals surface area contributed by atoms with Gasteiger partial charge in [-0.1, -0.05) is 18.2 Å². The van der Waals surface area contributed by atoms with E-state index in [0.29, 0.717) is 39.7 Å². The molecule has 4 rings (SSSR count). The normalized spacial score (nSPS) is 14.5. The Balaban J connectivity index is 1.67. The first-order valence-electron chi connectivity index (χ1n) is 12.7. The fourth-order valence-electron chi connectivity index (χ4n) is 4.53. The van der Waals surface area contributed by atoms with E-state index in [0.717, 1.165) is 0 Å². The molecular weight excluding hydrogens is 517 g/mol. The maximum atomic E-state index is 15.0. The van der Waals surface area contributed by atoms with Crippen LogP contribution in [0.5, 0.6) is 17.2 Å². The van der Waals surface area contributed by atoms with Crippen LogP contribution < -0.4 is 14.2 Å². The molecule has 2 amide bonds. The van der Waals surface area contributed by atoms with Crippen molar-refractivity contribution in [2.24, 2.45) is 5.10 Å². The van der Waals surface area contributed by atoms with Crippen molar-refractivity contribution in [1.29, 1.82) is 0 Å². The smallest absolute Gasteiger partial charge is 0.262 e. The molecule has 1 heterocycles. The molecule has 0 radical (unpaired) electrons. The topological polar surface area (TPSA) is 89.9 Å². The highest BCUT2D eigenvalue weighted by atomic mass is 19.1. The number of hydrogen-bond acceptors (Lipinski definition) is 7.